The lowest BCUT2D eigenvalue weighted by molar-refractivity contribution is 0.255. The average molecular weight is 302 g/mol. The first kappa shape index (κ1) is 15.0. The Labute approximate surface area is 132 Å². The van der Waals surface area contributed by atoms with Gasteiger partial charge in [-0.25, -0.2) is 0 Å². The monoisotopic (exact) mass is 302 g/mol. The normalized spacial score (nSPS) is 21.2. The Kier molecular flexibility index (Phi) is 4.63. The van der Waals surface area contributed by atoms with Crippen LogP contribution >= 0.6 is 11.3 Å². The van der Waals surface area contributed by atoms with Gasteiger partial charge in [-0.05, 0) is 56.8 Å². The maximum absolute atomic E-state index is 3.78. The SMILES string of the molecule is CCN1CCCC1CNC(C)c1sc2ccccc2c1C. The number of hydrogen-bond donors (Lipinski definition) is 1. The van der Waals surface area contributed by atoms with Crippen molar-refractivity contribution in [3.63, 3.8) is 0 Å². The predicted octanol–water partition coefficient (Wildman–Crippen LogP) is 4.34. The number of nitrogens with one attached hydrogen (secondary N) is 1. The molecule has 114 valence electrons. The van der Waals surface area contributed by atoms with Crippen LogP contribution < -0.4 is 5.32 Å². The van der Waals surface area contributed by atoms with E-state index in [0.29, 0.717) is 6.04 Å². The number of hydrogen-bond acceptors (Lipinski definition) is 3. The van der Waals surface area contributed by atoms with Crippen molar-refractivity contribution in [1.82, 2.24) is 10.2 Å². The van der Waals surface area contributed by atoms with Crippen molar-refractivity contribution >= 4 is 21.4 Å². The van der Waals surface area contributed by atoms with Crippen LogP contribution in [-0.2, 0) is 0 Å². The lowest BCUT2D eigenvalue weighted by atomic mass is 10.1. The summed E-state index contributed by atoms with van der Waals surface area (Å²) in [6.45, 7) is 10.4. The van der Waals surface area contributed by atoms with Crippen LogP contribution in [0.2, 0.25) is 0 Å². The minimum atomic E-state index is 0.446. The van der Waals surface area contributed by atoms with Crippen molar-refractivity contribution in [3.05, 3.63) is 34.7 Å². The van der Waals surface area contributed by atoms with Gasteiger partial charge in [0.1, 0.15) is 0 Å². The first-order valence-electron chi connectivity index (χ1n) is 8.16. The third-order valence-corrected chi connectivity index (χ3v) is 6.29. The van der Waals surface area contributed by atoms with Crippen molar-refractivity contribution in [1.29, 1.82) is 0 Å². The fourth-order valence-electron chi connectivity index (χ4n) is 3.55. The van der Waals surface area contributed by atoms with E-state index in [2.05, 4.69) is 55.3 Å². The topological polar surface area (TPSA) is 15.3 Å². The number of aryl methyl sites for hydroxylation is 1. The Bertz CT molecular complexity index is 604. The molecule has 0 saturated carbocycles. The number of likely N-dealkylation sites (tertiary alicyclic amines) is 1. The minimum absolute atomic E-state index is 0.446. The van der Waals surface area contributed by atoms with Gasteiger partial charge in [-0.1, -0.05) is 25.1 Å². The van der Waals surface area contributed by atoms with Gasteiger partial charge in [-0.15, -0.1) is 11.3 Å². The summed E-state index contributed by atoms with van der Waals surface area (Å²) in [5.41, 5.74) is 1.45. The lowest BCUT2D eigenvalue weighted by Crippen LogP contribution is -2.38. The lowest BCUT2D eigenvalue weighted by Gasteiger charge is -2.25. The first-order valence-corrected chi connectivity index (χ1v) is 8.97. The van der Waals surface area contributed by atoms with Gasteiger partial charge in [0.05, 0.1) is 0 Å². The van der Waals surface area contributed by atoms with Gasteiger partial charge in [0.2, 0.25) is 0 Å². The fourth-order valence-corrected chi connectivity index (χ4v) is 4.79. The molecule has 1 aliphatic heterocycles. The van der Waals surface area contributed by atoms with Gasteiger partial charge in [0, 0.05) is 28.2 Å². The van der Waals surface area contributed by atoms with Crippen LogP contribution in [-0.4, -0.2) is 30.6 Å². The Morgan fingerprint density at radius 1 is 1.38 bits per heavy atom. The molecule has 1 fully saturated rings. The maximum atomic E-state index is 3.78. The molecule has 21 heavy (non-hydrogen) atoms. The second-order valence-electron chi connectivity index (χ2n) is 6.14. The molecule has 1 aliphatic rings. The molecule has 2 heterocycles. The summed E-state index contributed by atoms with van der Waals surface area (Å²) in [7, 11) is 0. The van der Waals surface area contributed by atoms with Gasteiger partial charge in [0.25, 0.3) is 0 Å². The molecule has 0 bridgehead atoms. The van der Waals surface area contributed by atoms with Crippen molar-refractivity contribution in [2.45, 2.75) is 45.7 Å². The molecule has 2 atom stereocenters. The van der Waals surface area contributed by atoms with E-state index in [1.165, 1.54) is 46.5 Å². The Balaban J connectivity index is 1.69. The molecule has 0 amide bonds. The molecule has 0 spiro atoms. The second-order valence-corrected chi connectivity index (χ2v) is 7.23. The minimum Gasteiger partial charge on any atom is -0.308 e. The highest BCUT2D eigenvalue weighted by molar-refractivity contribution is 7.19. The molecule has 2 aromatic rings. The number of rotatable bonds is 5. The highest BCUT2D eigenvalue weighted by Crippen LogP contribution is 2.34. The summed E-state index contributed by atoms with van der Waals surface area (Å²) in [6.07, 6.45) is 2.70. The van der Waals surface area contributed by atoms with Gasteiger partial charge in [-0.3, -0.25) is 4.90 Å². The van der Waals surface area contributed by atoms with Crippen LogP contribution in [0.15, 0.2) is 24.3 Å². The van der Waals surface area contributed by atoms with Gasteiger partial charge in [-0.2, -0.15) is 0 Å². The maximum Gasteiger partial charge on any atom is 0.0389 e. The summed E-state index contributed by atoms with van der Waals surface area (Å²) in [4.78, 5) is 4.11. The van der Waals surface area contributed by atoms with Crippen LogP contribution in [0.25, 0.3) is 10.1 Å². The Morgan fingerprint density at radius 3 is 2.95 bits per heavy atom. The number of nitrogens with zero attached hydrogens (tertiary/aromatic N) is 1. The van der Waals surface area contributed by atoms with Gasteiger partial charge in [0.15, 0.2) is 0 Å². The number of likely N-dealkylation sites (N-methyl/N-ethyl adjacent to an activating group) is 1. The van der Waals surface area contributed by atoms with E-state index in [0.717, 1.165) is 12.6 Å². The van der Waals surface area contributed by atoms with Crippen LogP contribution in [0, 0.1) is 6.92 Å². The van der Waals surface area contributed by atoms with E-state index in [1.807, 2.05) is 11.3 Å². The van der Waals surface area contributed by atoms with Crippen LogP contribution in [0.4, 0.5) is 0 Å². The smallest absolute Gasteiger partial charge is 0.0389 e. The summed E-state index contributed by atoms with van der Waals surface area (Å²) in [5.74, 6) is 0. The third kappa shape index (κ3) is 3.01. The largest absolute Gasteiger partial charge is 0.308 e. The average Bonchev–Trinajstić information content (AvgIpc) is 3.09. The molecule has 1 aromatic carbocycles. The van der Waals surface area contributed by atoms with E-state index >= 15 is 0 Å². The molecule has 0 radical (unpaired) electrons. The molecule has 1 saturated heterocycles. The second kappa shape index (κ2) is 6.47. The zero-order valence-corrected chi connectivity index (χ0v) is 14.2. The molecule has 1 N–H and O–H groups in total. The Hall–Kier alpha value is -0.900. The van der Waals surface area contributed by atoms with E-state index in [-0.39, 0.29) is 0 Å². The molecular formula is C18H26N2S. The van der Waals surface area contributed by atoms with Crippen molar-refractivity contribution in [2.24, 2.45) is 0 Å². The van der Waals surface area contributed by atoms with Gasteiger partial charge < -0.3 is 5.32 Å². The molecular weight excluding hydrogens is 276 g/mol. The zero-order chi connectivity index (χ0) is 14.8. The van der Waals surface area contributed by atoms with Crippen LogP contribution in [0.1, 0.15) is 43.2 Å². The number of thiophene rings is 1. The van der Waals surface area contributed by atoms with Crippen LogP contribution in [0.5, 0.6) is 0 Å². The third-order valence-electron chi connectivity index (χ3n) is 4.84. The summed E-state index contributed by atoms with van der Waals surface area (Å²) < 4.78 is 1.41. The van der Waals surface area contributed by atoms with E-state index < -0.39 is 0 Å². The predicted molar refractivity (Wildman–Crippen MR) is 93.2 cm³/mol. The fraction of sp³-hybridized carbons (Fsp3) is 0.556. The Morgan fingerprint density at radius 2 is 2.19 bits per heavy atom. The van der Waals surface area contributed by atoms with E-state index in [1.54, 1.807) is 0 Å². The summed E-state index contributed by atoms with van der Waals surface area (Å²) >= 11 is 1.94. The summed E-state index contributed by atoms with van der Waals surface area (Å²) in [6, 6.07) is 9.93. The molecule has 3 rings (SSSR count). The summed E-state index contributed by atoms with van der Waals surface area (Å²) in [5, 5.41) is 5.19. The van der Waals surface area contributed by atoms with Gasteiger partial charge >= 0.3 is 0 Å². The standard InChI is InChI=1S/C18H26N2S/c1-4-20-11-7-8-15(20)12-19-14(3)18-13(2)16-9-5-6-10-17(16)21-18/h5-6,9-10,14-15,19H,4,7-8,11-12H2,1-3H3. The number of fused-ring (bicyclic) bond motifs is 1. The molecule has 2 nitrogen and oxygen atoms in total. The van der Waals surface area contributed by atoms with Crippen LogP contribution in [0.3, 0.4) is 0 Å². The first-order chi connectivity index (χ1) is 10.2. The highest BCUT2D eigenvalue weighted by Gasteiger charge is 2.23. The molecule has 1 aromatic heterocycles. The van der Waals surface area contributed by atoms with Crippen molar-refractivity contribution < 1.29 is 0 Å². The molecule has 3 heteroatoms. The van der Waals surface area contributed by atoms with E-state index in [4.69, 9.17) is 0 Å². The zero-order valence-electron chi connectivity index (χ0n) is 13.4. The van der Waals surface area contributed by atoms with Crippen molar-refractivity contribution in [2.75, 3.05) is 19.6 Å². The molecule has 0 aliphatic carbocycles. The van der Waals surface area contributed by atoms with E-state index in [9.17, 15) is 0 Å². The van der Waals surface area contributed by atoms with Crippen molar-refractivity contribution in [3.8, 4) is 0 Å². The number of benzene rings is 1. The quantitative estimate of drug-likeness (QED) is 0.883. The molecule has 2 unspecified atom stereocenters. The highest BCUT2D eigenvalue weighted by atomic mass is 32.1.